The molecule has 0 heterocycles. The van der Waals surface area contributed by atoms with Gasteiger partial charge in [0.15, 0.2) is 0 Å². The van der Waals surface area contributed by atoms with Crippen molar-refractivity contribution in [3.05, 3.63) is 29.8 Å². The molecule has 0 fully saturated rings. The molecular weight excluding hydrogens is 234 g/mol. The summed E-state index contributed by atoms with van der Waals surface area (Å²) in [6.07, 6.45) is 3.46. The molecule has 0 radical (unpaired) electrons. The van der Waals surface area contributed by atoms with Gasteiger partial charge in [-0.2, -0.15) is 11.8 Å². The van der Waals surface area contributed by atoms with E-state index < -0.39 is 0 Å². The van der Waals surface area contributed by atoms with Crippen LogP contribution in [0.2, 0.25) is 0 Å². The summed E-state index contributed by atoms with van der Waals surface area (Å²) in [6, 6.07) is 9.34. The zero-order chi connectivity index (χ0) is 11.8. The molecule has 1 aromatic rings. The van der Waals surface area contributed by atoms with E-state index in [1.54, 1.807) is 0 Å². The number of nitrogens with one attached hydrogen (secondary N) is 1. The van der Waals surface area contributed by atoms with E-state index in [0.717, 1.165) is 0 Å². The number of thioether (sulfide) groups is 2. The molecule has 0 bridgehead atoms. The molecule has 1 N–H and O–H groups in total. The van der Waals surface area contributed by atoms with Gasteiger partial charge in [0.05, 0.1) is 0 Å². The predicted molar refractivity (Wildman–Crippen MR) is 77.6 cm³/mol. The van der Waals surface area contributed by atoms with Crippen LogP contribution in [0.5, 0.6) is 0 Å². The molecule has 0 amide bonds. The quantitative estimate of drug-likeness (QED) is 0.588. The average Bonchev–Trinajstić information content (AvgIpc) is 2.34. The topological polar surface area (TPSA) is 12.0 Å². The minimum Gasteiger partial charge on any atom is -0.313 e. The van der Waals surface area contributed by atoms with Crippen LogP contribution in [0.4, 0.5) is 0 Å². The maximum atomic E-state index is 3.25. The Morgan fingerprint density at radius 2 is 1.88 bits per heavy atom. The first kappa shape index (κ1) is 13.9. The summed E-state index contributed by atoms with van der Waals surface area (Å²) in [7, 11) is 2.00. The van der Waals surface area contributed by atoms with Crippen LogP contribution >= 0.6 is 23.5 Å². The second kappa shape index (κ2) is 8.04. The molecule has 1 nitrogen and oxygen atoms in total. The molecule has 0 aliphatic rings. The van der Waals surface area contributed by atoms with Gasteiger partial charge in [-0.15, -0.1) is 11.8 Å². The second-order valence-electron chi connectivity index (χ2n) is 3.77. The first-order valence-corrected chi connectivity index (χ1v) is 8.05. The molecule has 1 atom stereocenters. The second-order valence-corrected chi connectivity index (χ2v) is 5.93. The molecule has 1 rings (SSSR count). The Morgan fingerprint density at radius 3 is 2.44 bits per heavy atom. The highest BCUT2D eigenvalue weighted by Gasteiger charge is 2.01. The SMILES string of the molecule is CNC(C)c1ccc(SCCCSC)cc1. The Bertz CT molecular complexity index is 284. The fraction of sp³-hybridized carbons (Fsp3) is 0.538. The van der Waals surface area contributed by atoms with E-state index in [9.17, 15) is 0 Å². The predicted octanol–water partition coefficient (Wildman–Crippen LogP) is 3.81. The largest absolute Gasteiger partial charge is 0.313 e. The molecule has 1 unspecified atom stereocenters. The van der Waals surface area contributed by atoms with E-state index in [2.05, 4.69) is 42.8 Å². The minimum absolute atomic E-state index is 0.440. The summed E-state index contributed by atoms with van der Waals surface area (Å²) >= 11 is 3.88. The molecule has 16 heavy (non-hydrogen) atoms. The third-order valence-electron chi connectivity index (χ3n) is 2.57. The van der Waals surface area contributed by atoms with Gasteiger partial charge in [0.2, 0.25) is 0 Å². The van der Waals surface area contributed by atoms with Crippen LogP contribution in [-0.4, -0.2) is 24.8 Å². The number of hydrogen-bond donors (Lipinski definition) is 1. The van der Waals surface area contributed by atoms with Gasteiger partial charge in [-0.1, -0.05) is 12.1 Å². The summed E-state index contributed by atoms with van der Waals surface area (Å²) in [5.74, 6) is 2.49. The Hall–Kier alpha value is -0.120. The zero-order valence-electron chi connectivity index (χ0n) is 10.3. The molecule has 90 valence electrons. The van der Waals surface area contributed by atoms with Crippen molar-refractivity contribution in [2.75, 3.05) is 24.8 Å². The van der Waals surface area contributed by atoms with Crippen molar-refractivity contribution >= 4 is 23.5 Å². The molecule has 0 spiro atoms. The van der Waals surface area contributed by atoms with Crippen molar-refractivity contribution < 1.29 is 0 Å². The Kier molecular flexibility index (Phi) is 7.01. The molecular formula is C13H21NS2. The number of hydrogen-bond acceptors (Lipinski definition) is 3. The Morgan fingerprint density at radius 1 is 1.19 bits per heavy atom. The maximum absolute atomic E-state index is 3.25. The van der Waals surface area contributed by atoms with Crippen LogP contribution in [0.25, 0.3) is 0 Å². The summed E-state index contributed by atoms with van der Waals surface area (Å²) in [6.45, 7) is 2.18. The molecule has 0 saturated carbocycles. The lowest BCUT2D eigenvalue weighted by atomic mass is 10.1. The smallest absolute Gasteiger partial charge is 0.0289 e. The first-order valence-electron chi connectivity index (χ1n) is 5.67. The molecule has 1 aromatic carbocycles. The summed E-state index contributed by atoms with van der Waals surface area (Å²) in [4.78, 5) is 1.38. The third-order valence-corrected chi connectivity index (χ3v) is 4.37. The normalized spacial score (nSPS) is 12.7. The van der Waals surface area contributed by atoms with Crippen molar-refractivity contribution in [3.63, 3.8) is 0 Å². The van der Waals surface area contributed by atoms with Gasteiger partial charge in [-0.05, 0) is 55.8 Å². The Labute approximate surface area is 108 Å². The summed E-state index contributed by atoms with van der Waals surface area (Å²) in [5.41, 5.74) is 1.36. The van der Waals surface area contributed by atoms with Crippen molar-refractivity contribution in [2.45, 2.75) is 24.3 Å². The van der Waals surface area contributed by atoms with Gasteiger partial charge in [0.1, 0.15) is 0 Å². The highest BCUT2D eigenvalue weighted by Crippen LogP contribution is 2.21. The van der Waals surface area contributed by atoms with Gasteiger partial charge >= 0.3 is 0 Å². The summed E-state index contributed by atoms with van der Waals surface area (Å²) < 4.78 is 0. The number of rotatable bonds is 7. The van der Waals surface area contributed by atoms with Crippen LogP contribution in [0.15, 0.2) is 29.2 Å². The molecule has 0 aliphatic heterocycles. The fourth-order valence-electron chi connectivity index (χ4n) is 1.41. The van der Waals surface area contributed by atoms with Crippen molar-refractivity contribution in [1.29, 1.82) is 0 Å². The van der Waals surface area contributed by atoms with E-state index in [-0.39, 0.29) is 0 Å². The standard InChI is InChI=1S/C13H21NS2/c1-11(14-2)12-5-7-13(8-6-12)16-10-4-9-15-3/h5-8,11,14H,4,9-10H2,1-3H3. The van der Waals surface area contributed by atoms with E-state index in [1.165, 1.54) is 28.4 Å². The van der Waals surface area contributed by atoms with Crippen LogP contribution in [0.1, 0.15) is 24.9 Å². The van der Waals surface area contributed by atoms with Gasteiger partial charge in [-0.3, -0.25) is 0 Å². The van der Waals surface area contributed by atoms with E-state index in [4.69, 9.17) is 0 Å². The molecule has 0 aromatic heterocycles. The lowest BCUT2D eigenvalue weighted by molar-refractivity contribution is 0.652. The average molecular weight is 255 g/mol. The van der Waals surface area contributed by atoms with Crippen molar-refractivity contribution in [1.82, 2.24) is 5.32 Å². The maximum Gasteiger partial charge on any atom is 0.0289 e. The summed E-state index contributed by atoms with van der Waals surface area (Å²) in [5, 5.41) is 3.25. The third kappa shape index (κ3) is 4.81. The molecule has 0 aliphatic carbocycles. The lowest BCUT2D eigenvalue weighted by Crippen LogP contribution is -2.11. The highest BCUT2D eigenvalue weighted by atomic mass is 32.2. The Balaban J connectivity index is 2.39. The van der Waals surface area contributed by atoms with Gasteiger partial charge in [0, 0.05) is 10.9 Å². The van der Waals surface area contributed by atoms with Crippen molar-refractivity contribution in [3.8, 4) is 0 Å². The van der Waals surface area contributed by atoms with Crippen LogP contribution in [-0.2, 0) is 0 Å². The van der Waals surface area contributed by atoms with Gasteiger partial charge < -0.3 is 5.32 Å². The number of benzene rings is 1. The minimum atomic E-state index is 0.440. The van der Waals surface area contributed by atoms with Gasteiger partial charge in [0.25, 0.3) is 0 Å². The van der Waals surface area contributed by atoms with Crippen LogP contribution in [0, 0.1) is 0 Å². The molecule has 3 heteroatoms. The monoisotopic (exact) mass is 255 g/mol. The first-order chi connectivity index (χ1) is 7.77. The van der Waals surface area contributed by atoms with E-state index in [1.807, 2.05) is 30.6 Å². The lowest BCUT2D eigenvalue weighted by Gasteiger charge is -2.10. The van der Waals surface area contributed by atoms with E-state index >= 15 is 0 Å². The van der Waals surface area contributed by atoms with Crippen LogP contribution < -0.4 is 5.32 Å². The zero-order valence-corrected chi connectivity index (χ0v) is 12.0. The van der Waals surface area contributed by atoms with Crippen LogP contribution in [0.3, 0.4) is 0 Å². The molecule has 0 saturated heterocycles. The highest BCUT2D eigenvalue weighted by molar-refractivity contribution is 7.99. The fourth-order valence-corrected chi connectivity index (χ4v) is 2.88. The van der Waals surface area contributed by atoms with Gasteiger partial charge in [-0.25, -0.2) is 0 Å². The van der Waals surface area contributed by atoms with Crippen molar-refractivity contribution in [2.24, 2.45) is 0 Å². The van der Waals surface area contributed by atoms with E-state index in [0.29, 0.717) is 6.04 Å².